The summed E-state index contributed by atoms with van der Waals surface area (Å²) in [5.41, 5.74) is 7.90. The summed E-state index contributed by atoms with van der Waals surface area (Å²) < 4.78 is 5.16. The van der Waals surface area contributed by atoms with Crippen LogP contribution in [0.4, 0.5) is 0 Å². The Kier molecular flexibility index (Phi) is 4.12. The predicted octanol–water partition coefficient (Wildman–Crippen LogP) is 1.69. The van der Waals surface area contributed by atoms with Gasteiger partial charge in [0.1, 0.15) is 0 Å². The Morgan fingerprint density at radius 2 is 2.00 bits per heavy atom. The van der Waals surface area contributed by atoms with Crippen LogP contribution in [0.25, 0.3) is 0 Å². The SMILES string of the molecule is COC1=CC=C(C(O)C(N)c2ccncc2)CC1. The lowest BCUT2D eigenvalue weighted by molar-refractivity contribution is 0.173. The Hall–Kier alpha value is -1.65. The molecule has 1 aliphatic carbocycles. The highest BCUT2D eigenvalue weighted by atomic mass is 16.5. The van der Waals surface area contributed by atoms with Crippen LogP contribution < -0.4 is 5.73 Å². The Morgan fingerprint density at radius 1 is 1.28 bits per heavy atom. The van der Waals surface area contributed by atoms with E-state index >= 15 is 0 Å². The third-order valence-electron chi connectivity index (χ3n) is 3.22. The molecule has 0 fully saturated rings. The number of allylic oxidation sites excluding steroid dienone is 3. The van der Waals surface area contributed by atoms with Gasteiger partial charge in [-0.3, -0.25) is 4.98 Å². The third-order valence-corrected chi connectivity index (χ3v) is 3.22. The van der Waals surface area contributed by atoms with Gasteiger partial charge in [-0.1, -0.05) is 6.08 Å². The number of methoxy groups -OCH3 is 1. The summed E-state index contributed by atoms with van der Waals surface area (Å²) in [6.45, 7) is 0. The van der Waals surface area contributed by atoms with Crippen LogP contribution in [-0.4, -0.2) is 23.3 Å². The van der Waals surface area contributed by atoms with Gasteiger partial charge in [-0.25, -0.2) is 0 Å². The summed E-state index contributed by atoms with van der Waals surface area (Å²) in [5.74, 6) is 0.934. The fraction of sp³-hybridized carbons (Fsp3) is 0.357. The van der Waals surface area contributed by atoms with Crippen molar-refractivity contribution in [3.05, 3.63) is 53.6 Å². The van der Waals surface area contributed by atoms with Crippen LogP contribution in [0.1, 0.15) is 24.4 Å². The lowest BCUT2D eigenvalue weighted by Crippen LogP contribution is -2.28. The number of rotatable bonds is 4. The minimum atomic E-state index is -0.665. The summed E-state index contributed by atoms with van der Waals surface area (Å²) >= 11 is 0. The first-order valence-electron chi connectivity index (χ1n) is 5.99. The zero-order valence-electron chi connectivity index (χ0n) is 10.4. The summed E-state index contributed by atoms with van der Waals surface area (Å²) in [4.78, 5) is 3.94. The van der Waals surface area contributed by atoms with E-state index in [1.165, 1.54) is 0 Å². The van der Waals surface area contributed by atoms with Gasteiger partial charge in [0.05, 0.1) is 25.0 Å². The van der Waals surface area contributed by atoms with Crippen molar-refractivity contribution in [1.29, 1.82) is 0 Å². The Balaban J connectivity index is 2.10. The van der Waals surface area contributed by atoms with Crippen molar-refractivity contribution < 1.29 is 9.84 Å². The monoisotopic (exact) mass is 246 g/mol. The van der Waals surface area contributed by atoms with Gasteiger partial charge in [0.25, 0.3) is 0 Å². The number of pyridine rings is 1. The molecule has 0 saturated heterocycles. The molecule has 2 atom stereocenters. The maximum Gasteiger partial charge on any atom is 0.0958 e. The molecule has 0 amide bonds. The highest BCUT2D eigenvalue weighted by Gasteiger charge is 2.22. The van der Waals surface area contributed by atoms with Crippen molar-refractivity contribution >= 4 is 0 Å². The molecule has 0 bridgehead atoms. The topological polar surface area (TPSA) is 68.4 Å². The number of nitrogens with zero attached hydrogens (tertiary/aromatic N) is 1. The van der Waals surface area contributed by atoms with Crippen molar-refractivity contribution in [3.63, 3.8) is 0 Å². The van der Waals surface area contributed by atoms with Gasteiger partial charge >= 0.3 is 0 Å². The number of ether oxygens (including phenoxy) is 1. The fourth-order valence-electron chi connectivity index (χ4n) is 2.05. The molecule has 0 spiro atoms. The molecular weight excluding hydrogens is 228 g/mol. The molecule has 3 N–H and O–H groups in total. The van der Waals surface area contributed by atoms with Crippen LogP contribution in [0.3, 0.4) is 0 Å². The molecule has 1 aromatic rings. The fourth-order valence-corrected chi connectivity index (χ4v) is 2.05. The first-order valence-corrected chi connectivity index (χ1v) is 5.99. The molecule has 2 rings (SSSR count). The van der Waals surface area contributed by atoms with Crippen LogP contribution in [0.15, 0.2) is 48.0 Å². The molecule has 1 aromatic heterocycles. The number of hydrogen-bond acceptors (Lipinski definition) is 4. The molecule has 0 aromatic carbocycles. The molecular formula is C14H18N2O2. The average molecular weight is 246 g/mol. The predicted molar refractivity (Wildman–Crippen MR) is 69.6 cm³/mol. The molecule has 1 heterocycles. The normalized spacial score (nSPS) is 18.6. The molecule has 0 radical (unpaired) electrons. The maximum absolute atomic E-state index is 10.3. The van der Waals surface area contributed by atoms with E-state index in [-0.39, 0.29) is 0 Å². The number of hydrogen-bond donors (Lipinski definition) is 2. The average Bonchev–Trinajstić information content (AvgIpc) is 2.47. The molecule has 2 unspecified atom stereocenters. The summed E-state index contributed by atoms with van der Waals surface area (Å²) in [7, 11) is 1.66. The van der Waals surface area contributed by atoms with Crippen molar-refractivity contribution in [2.24, 2.45) is 5.73 Å². The Bertz CT molecular complexity index is 454. The summed E-state index contributed by atoms with van der Waals surface area (Å²) in [6, 6.07) is 3.23. The van der Waals surface area contributed by atoms with E-state index < -0.39 is 12.1 Å². The van der Waals surface area contributed by atoms with E-state index in [2.05, 4.69) is 4.98 Å². The van der Waals surface area contributed by atoms with Crippen molar-refractivity contribution in [3.8, 4) is 0 Å². The van der Waals surface area contributed by atoms with Gasteiger partial charge in [-0.15, -0.1) is 0 Å². The second-order valence-corrected chi connectivity index (χ2v) is 4.33. The lowest BCUT2D eigenvalue weighted by Gasteiger charge is -2.24. The largest absolute Gasteiger partial charge is 0.501 e. The molecule has 18 heavy (non-hydrogen) atoms. The van der Waals surface area contributed by atoms with Gasteiger partial charge < -0.3 is 15.6 Å². The van der Waals surface area contributed by atoms with Gasteiger partial charge in [0, 0.05) is 18.8 Å². The molecule has 0 aliphatic heterocycles. The molecule has 4 nitrogen and oxygen atoms in total. The first kappa shape index (κ1) is 12.8. The highest BCUT2D eigenvalue weighted by molar-refractivity contribution is 5.28. The Morgan fingerprint density at radius 3 is 2.56 bits per heavy atom. The molecule has 0 saturated carbocycles. The zero-order valence-corrected chi connectivity index (χ0v) is 10.4. The first-order chi connectivity index (χ1) is 8.72. The van der Waals surface area contributed by atoms with Crippen LogP contribution in [-0.2, 0) is 4.74 Å². The van der Waals surface area contributed by atoms with E-state index in [0.29, 0.717) is 0 Å². The molecule has 1 aliphatic rings. The van der Waals surface area contributed by atoms with Crippen molar-refractivity contribution in [1.82, 2.24) is 4.98 Å². The van der Waals surface area contributed by atoms with E-state index in [4.69, 9.17) is 10.5 Å². The van der Waals surface area contributed by atoms with Crippen LogP contribution >= 0.6 is 0 Å². The number of aliphatic hydroxyl groups excluding tert-OH is 1. The van der Waals surface area contributed by atoms with Gasteiger partial charge in [-0.05, 0) is 35.8 Å². The lowest BCUT2D eigenvalue weighted by atomic mass is 9.91. The van der Waals surface area contributed by atoms with Gasteiger partial charge in [-0.2, -0.15) is 0 Å². The zero-order chi connectivity index (χ0) is 13.0. The molecule has 4 heteroatoms. The smallest absolute Gasteiger partial charge is 0.0958 e. The van der Waals surface area contributed by atoms with Crippen molar-refractivity contribution in [2.45, 2.75) is 25.0 Å². The van der Waals surface area contributed by atoms with E-state index in [1.54, 1.807) is 19.5 Å². The number of nitrogens with two attached hydrogens (primary N) is 1. The Labute approximate surface area is 107 Å². The second kappa shape index (κ2) is 5.80. The maximum atomic E-state index is 10.3. The quantitative estimate of drug-likeness (QED) is 0.848. The van der Waals surface area contributed by atoms with Crippen LogP contribution in [0.2, 0.25) is 0 Å². The minimum Gasteiger partial charge on any atom is -0.501 e. The van der Waals surface area contributed by atoms with Crippen LogP contribution in [0, 0.1) is 0 Å². The second-order valence-electron chi connectivity index (χ2n) is 4.33. The van der Waals surface area contributed by atoms with Crippen molar-refractivity contribution in [2.75, 3.05) is 7.11 Å². The van der Waals surface area contributed by atoms with E-state index in [1.807, 2.05) is 24.3 Å². The van der Waals surface area contributed by atoms with E-state index in [9.17, 15) is 5.11 Å². The van der Waals surface area contributed by atoms with E-state index in [0.717, 1.165) is 29.7 Å². The highest BCUT2D eigenvalue weighted by Crippen LogP contribution is 2.26. The number of aliphatic hydroxyl groups is 1. The standard InChI is InChI=1S/C14H18N2O2/c1-18-12-4-2-11(3-5-12)14(17)13(15)10-6-8-16-9-7-10/h2,4,6-9,13-14,17H,3,5,15H2,1H3. The third kappa shape index (κ3) is 2.78. The summed E-state index contributed by atoms with van der Waals surface area (Å²) in [5, 5.41) is 10.3. The summed E-state index contributed by atoms with van der Waals surface area (Å²) in [6.07, 6.45) is 8.07. The minimum absolute atomic E-state index is 0.420. The number of aromatic nitrogens is 1. The van der Waals surface area contributed by atoms with Gasteiger partial charge in [0.15, 0.2) is 0 Å². The molecule has 96 valence electrons. The van der Waals surface area contributed by atoms with Gasteiger partial charge in [0.2, 0.25) is 0 Å². The van der Waals surface area contributed by atoms with Crippen LogP contribution in [0.5, 0.6) is 0 Å².